The summed E-state index contributed by atoms with van der Waals surface area (Å²) in [5.74, 6) is 0.265. The molecule has 1 aliphatic heterocycles. The first kappa shape index (κ1) is 12.4. The lowest BCUT2D eigenvalue weighted by Gasteiger charge is -2.20. The van der Waals surface area contributed by atoms with Crippen LogP contribution >= 0.6 is 0 Å². The number of hydrogen-bond donors (Lipinski definition) is 1. The van der Waals surface area contributed by atoms with Gasteiger partial charge >= 0.3 is 0 Å². The van der Waals surface area contributed by atoms with Crippen LogP contribution < -0.4 is 5.32 Å². The van der Waals surface area contributed by atoms with Gasteiger partial charge in [0, 0.05) is 25.4 Å². The molecule has 1 aliphatic carbocycles. The summed E-state index contributed by atoms with van der Waals surface area (Å²) in [5.41, 5.74) is 0.00285. The second-order valence-electron chi connectivity index (χ2n) is 6.48. The summed E-state index contributed by atoms with van der Waals surface area (Å²) in [7, 11) is 0. The topological polar surface area (TPSA) is 49.4 Å². The highest BCUT2D eigenvalue weighted by molar-refractivity contribution is 5.82. The maximum absolute atomic E-state index is 11.8. The predicted molar refractivity (Wildman–Crippen MR) is 65.4 cm³/mol. The molecule has 0 aromatic rings. The molecule has 0 radical (unpaired) electrons. The average molecular weight is 238 g/mol. The molecule has 0 aromatic heterocycles. The second kappa shape index (κ2) is 4.31. The van der Waals surface area contributed by atoms with Crippen molar-refractivity contribution in [2.45, 2.75) is 58.5 Å². The Balaban J connectivity index is 1.80. The van der Waals surface area contributed by atoms with Gasteiger partial charge in [0.25, 0.3) is 0 Å². The highest BCUT2D eigenvalue weighted by atomic mass is 16.2. The zero-order chi connectivity index (χ0) is 12.6. The molecule has 1 heterocycles. The minimum absolute atomic E-state index is 0.00285. The Bertz CT molecular complexity index is 329. The third-order valence-electron chi connectivity index (χ3n) is 3.20. The van der Waals surface area contributed by atoms with E-state index in [1.807, 2.05) is 25.7 Å². The Morgan fingerprint density at radius 1 is 1.41 bits per heavy atom. The summed E-state index contributed by atoms with van der Waals surface area (Å²) in [6, 6.07) is 0.491. The number of hydrogen-bond acceptors (Lipinski definition) is 2. The van der Waals surface area contributed by atoms with Crippen LogP contribution in [0.3, 0.4) is 0 Å². The maximum atomic E-state index is 11.8. The van der Waals surface area contributed by atoms with Gasteiger partial charge in [-0.1, -0.05) is 20.8 Å². The lowest BCUT2D eigenvalue weighted by Crippen LogP contribution is -2.38. The van der Waals surface area contributed by atoms with E-state index in [-0.39, 0.29) is 23.3 Å². The van der Waals surface area contributed by atoms with E-state index in [9.17, 15) is 9.59 Å². The van der Waals surface area contributed by atoms with Crippen LogP contribution in [0.25, 0.3) is 0 Å². The number of likely N-dealkylation sites (tertiary alicyclic amines) is 1. The van der Waals surface area contributed by atoms with Gasteiger partial charge < -0.3 is 10.2 Å². The third-order valence-corrected chi connectivity index (χ3v) is 3.20. The molecule has 0 spiro atoms. The van der Waals surface area contributed by atoms with Crippen molar-refractivity contribution in [2.24, 2.45) is 5.41 Å². The van der Waals surface area contributed by atoms with Gasteiger partial charge in [-0.25, -0.2) is 0 Å². The van der Waals surface area contributed by atoms with Crippen molar-refractivity contribution in [3.63, 3.8) is 0 Å². The molecule has 4 heteroatoms. The minimum atomic E-state index is 0.00285. The van der Waals surface area contributed by atoms with Crippen LogP contribution in [0, 0.1) is 5.41 Å². The summed E-state index contributed by atoms with van der Waals surface area (Å²) >= 11 is 0. The lowest BCUT2D eigenvalue weighted by molar-refractivity contribution is -0.128. The predicted octanol–water partition coefficient (Wildman–Crippen LogP) is 1.30. The van der Waals surface area contributed by atoms with Crippen LogP contribution in [0.5, 0.6) is 0 Å². The van der Waals surface area contributed by atoms with Crippen molar-refractivity contribution in [2.75, 3.05) is 6.54 Å². The molecule has 17 heavy (non-hydrogen) atoms. The van der Waals surface area contributed by atoms with Crippen molar-refractivity contribution in [3.05, 3.63) is 0 Å². The van der Waals surface area contributed by atoms with Crippen molar-refractivity contribution < 1.29 is 9.59 Å². The molecular weight excluding hydrogens is 216 g/mol. The zero-order valence-electron chi connectivity index (χ0n) is 11.0. The second-order valence-corrected chi connectivity index (χ2v) is 6.48. The molecular formula is C13H22N2O2. The molecule has 2 amide bonds. The Morgan fingerprint density at radius 3 is 2.59 bits per heavy atom. The average Bonchev–Trinajstić information content (AvgIpc) is 2.89. The van der Waals surface area contributed by atoms with E-state index < -0.39 is 0 Å². The minimum Gasteiger partial charge on any atom is -0.351 e. The van der Waals surface area contributed by atoms with Crippen LogP contribution in [0.4, 0.5) is 0 Å². The number of nitrogens with one attached hydrogen (secondary N) is 1. The van der Waals surface area contributed by atoms with Gasteiger partial charge in [-0.3, -0.25) is 9.59 Å². The van der Waals surface area contributed by atoms with Crippen molar-refractivity contribution in [3.8, 4) is 0 Å². The standard InChI is InChI=1S/C13H22N2O2/c1-13(2,3)7-11(16)14-9-6-12(17)15(8-9)10-4-5-10/h9-10H,4-8H2,1-3H3,(H,14,16). The fourth-order valence-corrected chi connectivity index (χ4v) is 2.33. The highest BCUT2D eigenvalue weighted by Gasteiger charge is 2.39. The van der Waals surface area contributed by atoms with Gasteiger partial charge in [0.1, 0.15) is 0 Å². The van der Waals surface area contributed by atoms with Gasteiger partial charge in [-0.05, 0) is 18.3 Å². The monoisotopic (exact) mass is 238 g/mol. The lowest BCUT2D eigenvalue weighted by atomic mass is 9.92. The Labute approximate surface area is 103 Å². The van der Waals surface area contributed by atoms with Crippen LogP contribution in [0.15, 0.2) is 0 Å². The summed E-state index contributed by atoms with van der Waals surface area (Å²) in [4.78, 5) is 25.4. The van der Waals surface area contributed by atoms with Crippen molar-refractivity contribution in [1.29, 1.82) is 0 Å². The van der Waals surface area contributed by atoms with Crippen LogP contribution in [-0.4, -0.2) is 35.3 Å². The molecule has 4 nitrogen and oxygen atoms in total. The number of rotatable bonds is 3. The molecule has 1 atom stereocenters. The molecule has 2 aliphatic rings. The van der Waals surface area contributed by atoms with Crippen LogP contribution in [0.1, 0.15) is 46.5 Å². The normalized spacial score (nSPS) is 25.2. The molecule has 1 saturated carbocycles. The fraction of sp³-hybridized carbons (Fsp3) is 0.846. The van der Waals surface area contributed by atoms with Crippen LogP contribution in [-0.2, 0) is 9.59 Å². The van der Waals surface area contributed by atoms with Gasteiger partial charge in [0.15, 0.2) is 0 Å². The first-order chi connectivity index (χ1) is 7.85. The molecule has 2 fully saturated rings. The van der Waals surface area contributed by atoms with Gasteiger partial charge in [-0.15, -0.1) is 0 Å². The third kappa shape index (κ3) is 3.45. The van der Waals surface area contributed by atoms with Gasteiger partial charge in [0.05, 0.1) is 6.04 Å². The largest absolute Gasteiger partial charge is 0.351 e. The Hall–Kier alpha value is -1.06. The number of nitrogens with zero attached hydrogens (tertiary/aromatic N) is 1. The molecule has 1 N–H and O–H groups in total. The maximum Gasteiger partial charge on any atom is 0.225 e. The quantitative estimate of drug-likeness (QED) is 0.805. The number of amides is 2. The molecule has 0 aromatic carbocycles. The Morgan fingerprint density at radius 2 is 2.06 bits per heavy atom. The van der Waals surface area contributed by atoms with Gasteiger partial charge in [0.2, 0.25) is 11.8 Å². The molecule has 0 bridgehead atoms. The smallest absolute Gasteiger partial charge is 0.225 e. The van der Waals surface area contributed by atoms with E-state index in [0.29, 0.717) is 25.4 Å². The summed E-state index contributed by atoms with van der Waals surface area (Å²) < 4.78 is 0. The van der Waals surface area contributed by atoms with Crippen molar-refractivity contribution in [1.82, 2.24) is 10.2 Å². The SMILES string of the molecule is CC(C)(C)CC(=O)NC1CC(=O)N(C2CC2)C1. The molecule has 96 valence electrons. The molecule has 2 rings (SSSR count). The summed E-state index contributed by atoms with van der Waals surface area (Å²) in [6.07, 6.45) is 3.26. The molecule has 1 unspecified atom stereocenters. The first-order valence-corrected chi connectivity index (χ1v) is 6.44. The Kier molecular flexibility index (Phi) is 3.15. The van der Waals surface area contributed by atoms with Gasteiger partial charge in [-0.2, -0.15) is 0 Å². The van der Waals surface area contributed by atoms with Crippen LogP contribution in [0.2, 0.25) is 0 Å². The van der Waals surface area contributed by atoms with E-state index in [1.54, 1.807) is 0 Å². The number of carbonyl (C=O) groups is 2. The highest BCUT2D eigenvalue weighted by Crippen LogP contribution is 2.30. The van der Waals surface area contributed by atoms with E-state index in [0.717, 1.165) is 12.8 Å². The van der Waals surface area contributed by atoms with E-state index >= 15 is 0 Å². The van der Waals surface area contributed by atoms with Crippen molar-refractivity contribution >= 4 is 11.8 Å². The summed E-state index contributed by atoms with van der Waals surface area (Å²) in [5, 5.41) is 2.98. The fourth-order valence-electron chi connectivity index (χ4n) is 2.33. The summed E-state index contributed by atoms with van der Waals surface area (Å²) in [6.45, 7) is 6.84. The van der Waals surface area contributed by atoms with E-state index in [2.05, 4.69) is 5.32 Å². The van der Waals surface area contributed by atoms with E-state index in [1.165, 1.54) is 0 Å². The first-order valence-electron chi connectivity index (χ1n) is 6.44. The molecule has 1 saturated heterocycles. The van der Waals surface area contributed by atoms with E-state index in [4.69, 9.17) is 0 Å². The zero-order valence-corrected chi connectivity index (χ0v) is 11.0. The number of carbonyl (C=O) groups excluding carboxylic acids is 2.